The highest BCUT2D eigenvalue weighted by Gasteiger charge is 2.30. The van der Waals surface area contributed by atoms with E-state index in [1.807, 2.05) is 6.92 Å². The molecule has 156 valence electrons. The van der Waals surface area contributed by atoms with Crippen LogP contribution in [0.2, 0.25) is 0 Å². The van der Waals surface area contributed by atoms with Gasteiger partial charge in [-0.15, -0.1) is 0 Å². The summed E-state index contributed by atoms with van der Waals surface area (Å²) in [5, 5.41) is 5.31. The molecule has 0 aliphatic carbocycles. The predicted molar refractivity (Wildman–Crippen MR) is 108 cm³/mol. The smallest absolute Gasteiger partial charge is 0.325 e. The van der Waals surface area contributed by atoms with Gasteiger partial charge in [-0.1, -0.05) is 29.0 Å². The summed E-state index contributed by atoms with van der Waals surface area (Å²) < 4.78 is 31.9. The normalized spacial score (nSPS) is 14.1. The van der Waals surface area contributed by atoms with Crippen molar-refractivity contribution in [1.82, 2.24) is 14.6 Å². The SMILES string of the molecule is CCOC(=O)CNC(=O)Nc1nc2c(s1)CN(S(=O)(=O)c1ccc(C)cc1)CC2. The summed E-state index contributed by atoms with van der Waals surface area (Å²) in [4.78, 5) is 28.6. The molecule has 2 N–H and O–H groups in total. The number of hydrogen-bond donors (Lipinski definition) is 2. The minimum atomic E-state index is -3.60. The molecule has 0 fully saturated rings. The Hall–Kier alpha value is -2.50. The van der Waals surface area contributed by atoms with Gasteiger partial charge in [0.05, 0.1) is 23.7 Å². The van der Waals surface area contributed by atoms with Crippen LogP contribution in [0.25, 0.3) is 0 Å². The molecule has 1 aliphatic rings. The van der Waals surface area contributed by atoms with Crippen molar-refractivity contribution in [2.75, 3.05) is 25.0 Å². The van der Waals surface area contributed by atoms with Gasteiger partial charge in [0.15, 0.2) is 5.13 Å². The lowest BCUT2D eigenvalue weighted by atomic mass is 10.2. The molecule has 3 rings (SSSR count). The third kappa shape index (κ3) is 5.11. The fourth-order valence-electron chi connectivity index (χ4n) is 2.80. The summed E-state index contributed by atoms with van der Waals surface area (Å²) in [5.74, 6) is -0.530. The molecule has 1 aliphatic heterocycles. The Kier molecular flexibility index (Phi) is 6.50. The molecule has 11 heteroatoms. The Labute approximate surface area is 173 Å². The van der Waals surface area contributed by atoms with Crippen LogP contribution in [0.1, 0.15) is 23.1 Å². The van der Waals surface area contributed by atoms with Crippen molar-refractivity contribution < 1.29 is 22.7 Å². The molecular formula is C18H22N4O5S2. The minimum Gasteiger partial charge on any atom is -0.465 e. The van der Waals surface area contributed by atoms with E-state index in [9.17, 15) is 18.0 Å². The fraction of sp³-hybridized carbons (Fsp3) is 0.389. The van der Waals surface area contributed by atoms with Crippen LogP contribution in [-0.4, -0.2) is 49.4 Å². The number of benzene rings is 1. The number of nitrogens with one attached hydrogen (secondary N) is 2. The molecule has 0 unspecified atom stereocenters. The molecule has 29 heavy (non-hydrogen) atoms. The molecule has 2 heterocycles. The van der Waals surface area contributed by atoms with Gasteiger partial charge in [0.25, 0.3) is 0 Å². The number of amides is 2. The summed E-state index contributed by atoms with van der Waals surface area (Å²) in [5.41, 5.74) is 1.76. The molecule has 0 saturated carbocycles. The highest BCUT2D eigenvalue weighted by atomic mass is 32.2. The molecule has 1 aromatic heterocycles. The number of anilines is 1. The van der Waals surface area contributed by atoms with Gasteiger partial charge in [0, 0.05) is 17.8 Å². The van der Waals surface area contributed by atoms with E-state index in [0.29, 0.717) is 18.1 Å². The van der Waals surface area contributed by atoms with E-state index in [4.69, 9.17) is 4.74 Å². The summed E-state index contributed by atoms with van der Waals surface area (Å²) >= 11 is 1.22. The predicted octanol–water partition coefficient (Wildman–Crippen LogP) is 1.88. The van der Waals surface area contributed by atoms with Gasteiger partial charge >= 0.3 is 12.0 Å². The monoisotopic (exact) mass is 438 g/mol. The summed E-state index contributed by atoms with van der Waals surface area (Å²) in [6.45, 7) is 4.10. The third-order valence-corrected chi connectivity index (χ3v) is 7.13. The van der Waals surface area contributed by atoms with Gasteiger partial charge in [-0.25, -0.2) is 18.2 Å². The first kappa shape index (κ1) is 21.2. The Morgan fingerprint density at radius 1 is 1.28 bits per heavy atom. The Morgan fingerprint density at radius 3 is 2.69 bits per heavy atom. The molecular weight excluding hydrogens is 416 g/mol. The van der Waals surface area contributed by atoms with Crippen molar-refractivity contribution in [2.45, 2.75) is 31.7 Å². The van der Waals surface area contributed by atoms with Crippen LogP contribution < -0.4 is 10.6 Å². The Morgan fingerprint density at radius 2 is 2.00 bits per heavy atom. The maximum atomic E-state index is 12.9. The molecule has 1 aromatic carbocycles. The van der Waals surface area contributed by atoms with Gasteiger partial charge in [-0.05, 0) is 26.0 Å². The average Bonchev–Trinajstić information content (AvgIpc) is 3.08. The molecule has 2 aromatic rings. The number of rotatable bonds is 6. The number of nitrogens with zero attached hydrogens (tertiary/aromatic N) is 2. The van der Waals surface area contributed by atoms with E-state index < -0.39 is 22.0 Å². The molecule has 9 nitrogen and oxygen atoms in total. The van der Waals surface area contributed by atoms with E-state index >= 15 is 0 Å². The number of thiazole rings is 1. The molecule has 0 saturated heterocycles. The highest BCUT2D eigenvalue weighted by Crippen LogP contribution is 2.31. The fourth-order valence-corrected chi connectivity index (χ4v) is 5.31. The lowest BCUT2D eigenvalue weighted by Crippen LogP contribution is -2.35. The first-order chi connectivity index (χ1) is 13.8. The van der Waals surface area contributed by atoms with Gasteiger partial charge in [-0.3, -0.25) is 10.1 Å². The summed E-state index contributed by atoms with van der Waals surface area (Å²) in [6, 6.07) is 6.17. The van der Waals surface area contributed by atoms with Gasteiger partial charge in [-0.2, -0.15) is 4.31 Å². The average molecular weight is 439 g/mol. The number of fused-ring (bicyclic) bond motifs is 1. The van der Waals surface area contributed by atoms with Crippen molar-refractivity contribution in [3.8, 4) is 0 Å². The van der Waals surface area contributed by atoms with E-state index in [-0.39, 0.29) is 24.6 Å². The number of aromatic nitrogens is 1. The Balaban J connectivity index is 1.64. The van der Waals surface area contributed by atoms with Crippen LogP contribution >= 0.6 is 11.3 Å². The third-order valence-electron chi connectivity index (χ3n) is 4.27. The van der Waals surface area contributed by atoms with Crippen molar-refractivity contribution >= 4 is 38.5 Å². The summed E-state index contributed by atoms with van der Waals surface area (Å²) in [6.07, 6.45) is 0.461. The zero-order valence-corrected chi connectivity index (χ0v) is 17.7. The van der Waals surface area contributed by atoms with Crippen LogP contribution in [0, 0.1) is 6.92 Å². The molecule has 0 spiro atoms. The van der Waals surface area contributed by atoms with Crippen molar-refractivity contribution in [3.63, 3.8) is 0 Å². The first-order valence-electron chi connectivity index (χ1n) is 9.05. The zero-order valence-electron chi connectivity index (χ0n) is 16.1. The van der Waals surface area contributed by atoms with Crippen molar-refractivity contribution in [3.05, 3.63) is 40.4 Å². The maximum absolute atomic E-state index is 12.9. The number of sulfonamides is 1. The van der Waals surface area contributed by atoms with E-state index in [1.165, 1.54) is 15.6 Å². The summed E-state index contributed by atoms with van der Waals surface area (Å²) in [7, 11) is -3.60. The molecule has 2 amide bonds. The maximum Gasteiger partial charge on any atom is 0.325 e. The number of ether oxygens (including phenoxy) is 1. The van der Waals surface area contributed by atoms with E-state index in [2.05, 4.69) is 15.6 Å². The lowest BCUT2D eigenvalue weighted by Gasteiger charge is -2.25. The van der Waals surface area contributed by atoms with E-state index in [1.54, 1.807) is 31.2 Å². The van der Waals surface area contributed by atoms with Crippen LogP contribution in [0.4, 0.5) is 9.93 Å². The van der Waals surface area contributed by atoms with Crippen LogP contribution in [0.5, 0.6) is 0 Å². The first-order valence-corrected chi connectivity index (χ1v) is 11.3. The van der Waals surface area contributed by atoms with Gasteiger partial charge in [0.2, 0.25) is 10.0 Å². The quantitative estimate of drug-likeness (QED) is 0.665. The topological polar surface area (TPSA) is 118 Å². The van der Waals surface area contributed by atoms with Crippen LogP contribution in [0.3, 0.4) is 0 Å². The van der Waals surface area contributed by atoms with Gasteiger partial charge < -0.3 is 10.1 Å². The van der Waals surface area contributed by atoms with Crippen LogP contribution in [-0.2, 0) is 32.5 Å². The standard InChI is InChI=1S/C18H22N4O5S2/c1-3-27-16(23)10-19-17(24)21-18-20-14-8-9-22(11-15(14)28-18)29(25,26)13-6-4-12(2)5-7-13/h4-7H,3,8-11H2,1-2H3,(H2,19,20,21,24). The number of carbonyl (C=O) groups excluding carboxylic acids is 2. The van der Waals surface area contributed by atoms with E-state index in [0.717, 1.165) is 16.1 Å². The molecule has 0 atom stereocenters. The number of esters is 1. The van der Waals surface area contributed by atoms with Crippen LogP contribution in [0.15, 0.2) is 29.2 Å². The molecule has 0 bridgehead atoms. The zero-order chi connectivity index (χ0) is 21.0. The second-order valence-electron chi connectivity index (χ2n) is 6.40. The van der Waals surface area contributed by atoms with Crippen molar-refractivity contribution in [1.29, 1.82) is 0 Å². The number of hydrogen-bond acceptors (Lipinski definition) is 7. The number of aryl methyl sites for hydroxylation is 1. The van der Waals surface area contributed by atoms with Gasteiger partial charge in [0.1, 0.15) is 6.54 Å². The largest absolute Gasteiger partial charge is 0.465 e. The highest BCUT2D eigenvalue weighted by molar-refractivity contribution is 7.89. The second kappa shape index (κ2) is 8.89. The Bertz CT molecular complexity index is 1000. The number of urea groups is 1. The minimum absolute atomic E-state index is 0.204. The molecule has 0 radical (unpaired) electrons. The van der Waals surface area contributed by atoms with Crippen molar-refractivity contribution in [2.24, 2.45) is 0 Å². The lowest BCUT2D eigenvalue weighted by molar-refractivity contribution is -0.141. The second-order valence-corrected chi connectivity index (χ2v) is 9.42. The number of carbonyl (C=O) groups is 2.